The molecule has 0 unspecified atom stereocenters. The fourth-order valence-corrected chi connectivity index (χ4v) is 1.24. The predicted molar refractivity (Wildman–Crippen MR) is 56.2 cm³/mol. The van der Waals surface area contributed by atoms with Crippen LogP contribution in [0.5, 0.6) is 5.75 Å². The maximum Gasteiger partial charge on any atom is 0.189 e. The van der Waals surface area contributed by atoms with Gasteiger partial charge in [-0.1, -0.05) is 28.1 Å². The van der Waals surface area contributed by atoms with Gasteiger partial charge in [-0.2, -0.15) is 0 Å². The number of benzene rings is 1. The van der Waals surface area contributed by atoms with Gasteiger partial charge < -0.3 is 9.47 Å². The number of halogens is 1. The van der Waals surface area contributed by atoms with Crippen LogP contribution in [-0.4, -0.2) is 13.4 Å². The lowest BCUT2D eigenvalue weighted by atomic mass is 10.2. The van der Waals surface area contributed by atoms with Gasteiger partial charge in [0.15, 0.2) is 6.79 Å². The average Bonchev–Trinajstić information content (AvgIpc) is 2.19. The smallest absolute Gasteiger partial charge is 0.189 e. The van der Waals surface area contributed by atoms with Gasteiger partial charge in [-0.3, -0.25) is 0 Å². The van der Waals surface area contributed by atoms with Crippen LogP contribution < -0.4 is 4.74 Å². The zero-order valence-corrected chi connectivity index (χ0v) is 9.21. The Morgan fingerprint density at radius 2 is 1.92 bits per heavy atom. The molecule has 0 aliphatic heterocycles. The summed E-state index contributed by atoms with van der Waals surface area (Å²) in [5.74, 6) is 0.846. The van der Waals surface area contributed by atoms with Crippen LogP contribution in [0.3, 0.4) is 0 Å². The first-order valence-corrected chi connectivity index (χ1v) is 5.34. The molecule has 0 saturated heterocycles. The maximum absolute atomic E-state index is 5.31. The summed E-state index contributed by atoms with van der Waals surface area (Å²) in [6, 6.07) is 7.93. The zero-order valence-electron chi connectivity index (χ0n) is 7.63. The normalized spacial score (nSPS) is 10.0. The van der Waals surface area contributed by atoms with E-state index in [4.69, 9.17) is 9.47 Å². The second-order valence-electron chi connectivity index (χ2n) is 2.53. The van der Waals surface area contributed by atoms with Gasteiger partial charge in [0.1, 0.15) is 5.75 Å². The molecule has 0 N–H and O–H groups in total. The van der Waals surface area contributed by atoms with E-state index >= 15 is 0 Å². The molecule has 0 heterocycles. The molecular weight excluding hydrogens is 232 g/mol. The largest absolute Gasteiger partial charge is 0.468 e. The first-order chi connectivity index (χ1) is 6.36. The highest BCUT2D eigenvalue weighted by Crippen LogP contribution is 2.13. The van der Waals surface area contributed by atoms with E-state index in [2.05, 4.69) is 15.9 Å². The minimum Gasteiger partial charge on any atom is -0.468 e. The Labute approximate surface area is 87.0 Å². The van der Waals surface area contributed by atoms with Crippen LogP contribution in [0.25, 0.3) is 0 Å². The highest BCUT2D eigenvalue weighted by atomic mass is 79.9. The molecule has 0 spiro atoms. The summed E-state index contributed by atoms with van der Waals surface area (Å²) in [5, 5.41) is 0.874. The summed E-state index contributed by atoms with van der Waals surface area (Å²) in [4.78, 5) is 0. The minimum absolute atomic E-state index is 0.324. The van der Waals surface area contributed by atoms with Crippen LogP contribution in [0, 0.1) is 0 Å². The maximum atomic E-state index is 5.31. The number of rotatable bonds is 5. The molecule has 1 aromatic rings. The monoisotopic (exact) mass is 244 g/mol. The lowest BCUT2D eigenvalue weighted by Gasteiger charge is -2.05. The Morgan fingerprint density at radius 1 is 1.23 bits per heavy atom. The Hall–Kier alpha value is -0.540. The van der Waals surface area contributed by atoms with Crippen molar-refractivity contribution >= 4 is 15.9 Å². The van der Waals surface area contributed by atoms with Gasteiger partial charge in [0.25, 0.3) is 0 Å². The minimum atomic E-state index is 0.324. The number of ether oxygens (including phenoxy) is 2. The van der Waals surface area contributed by atoms with Gasteiger partial charge >= 0.3 is 0 Å². The molecule has 72 valence electrons. The Kier molecular flexibility index (Phi) is 4.86. The Morgan fingerprint density at radius 3 is 2.46 bits per heavy atom. The molecule has 0 saturated carbocycles. The lowest BCUT2D eigenvalue weighted by Crippen LogP contribution is -2.01. The first-order valence-electron chi connectivity index (χ1n) is 4.22. The van der Waals surface area contributed by atoms with E-state index in [1.165, 1.54) is 5.56 Å². The van der Waals surface area contributed by atoms with Gasteiger partial charge in [-0.05, 0) is 24.6 Å². The van der Waals surface area contributed by atoms with E-state index in [1.54, 1.807) is 0 Å². The molecule has 1 rings (SSSR count). The third-order valence-corrected chi connectivity index (χ3v) is 2.24. The molecule has 0 radical (unpaired) electrons. The summed E-state index contributed by atoms with van der Waals surface area (Å²) in [6.45, 7) is 2.95. The third-order valence-electron chi connectivity index (χ3n) is 1.59. The van der Waals surface area contributed by atoms with Crippen LogP contribution in [0.1, 0.15) is 12.5 Å². The zero-order chi connectivity index (χ0) is 9.52. The fraction of sp³-hybridized carbons (Fsp3) is 0.400. The van der Waals surface area contributed by atoms with Crippen molar-refractivity contribution in [2.24, 2.45) is 0 Å². The van der Waals surface area contributed by atoms with Gasteiger partial charge in [-0.25, -0.2) is 0 Å². The van der Waals surface area contributed by atoms with E-state index in [0.29, 0.717) is 13.4 Å². The Balaban J connectivity index is 2.40. The number of alkyl halides is 1. The highest BCUT2D eigenvalue weighted by molar-refractivity contribution is 9.08. The van der Waals surface area contributed by atoms with Crippen molar-refractivity contribution in [1.82, 2.24) is 0 Å². The summed E-state index contributed by atoms with van der Waals surface area (Å²) < 4.78 is 10.4. The van der Waals surface area contributed by atoms with Crippen molar-refractivity contribution in [2.45, 2.75) is 12.3 Å². The van der Waals surface area contributed by atoms with Crippen LogP contribution in [-0.2, 0) is 10.1 Å². The van der Waals surface area contributed by atoms with Crippen molar-refractivity contribution < 1.29 is 9.47 Å². The van der Waals surface area contributed by atoms with Crippen molar-refractivity contribution in [3.63, 3.8) is 0 Å². The predicted octanol–water partition coefficient (Wildman–Crippen LogP) is 2.95. The molecule has 13 heavy (non-hydrogen) atoms. The molecule has 0 aliphatic rings. The van der Waals surface area contributed by atoms with Crippen LogP contribution >= 0.6 is 15.9 Å². The summed E-state index contributed by atoms with van der Waals surface area (Å²) in [5.41, 5.74) is 1.24. The molecule has 0 aromatic heterocycles. The summed E-state index contributed by atoms with van der Waals surface area (Å²) in [7, 11) is 0. The Bertz CT molecular complexity index is 233. The van der Waals surface area contributed by atoms with Gasteiger partial charge in [0.05, 0.1) is 0 Å². The van der Waals surface area contributed by atoms with Crippen molar-refractivity contribution in [3.8, 4) is 5.75 Å². The van der Waals surface area contributed by atoms with Crippen molar-refractivity contribution in [2.75, 3.05) is 13.4 Å². The van der Waals surface area contributed by atoms with Crippen molar-refractivity contribution in [3.05, 3.63) is 29.8 Å². The van der Waals surface area contributed by atoms with E-state index in [-0.39, 0.29) is 0 Å². The molecule has 0 bridgehead atoms. The van der Waals surface area contributed by atoms with E-state index in [1.807, 2.05) is 31.2 Å². The molecule has 0 amide bonds. The van der Waals surface area contributed by atoms with E-state index in [0.717, 1.165) is 11.1 Å². The van der Waals surface area contributed by atoms with Crippen molar-refractivity contribution in [1.29, 1.82) is 0 Å². The molecule has 0 fully saturated rings. The second kappa shape index (κ2) is 6.00. The fourth-order valence-electron chi connectivity index (χ4n) is 0.868. The van der Waals surface area contributed by atoms with Gasteiger partial charge in [-0.15, -0.1) is 0 Å². The second-order valence-corrected chi connectivity index (χ2v) is 3.09. The quantitative estimate of drug-likeness (QED) is 0.451. The molecule has 2 nitrogen and oxygen atoms in total. The molecule has 3 heteroatoms. The third kappa shape index (κ3) is 3.79. The van der Waals surface area contributed by atoms with Gasteiger partial charge in [0.2, 0.25) is 0 Å². The van der Waals surface area contributed by atoms with Crippen LogP contribution in [0.2, 0.25) is 0 Å². The molecule has 0 atom stereocenters. The molecule has 1 aromatic carbocycles. The van der Waals surface area contributed by atoms with Crippen LogP contribution in [0.15, 0.2) is 24.3 Å². The molecule has 0 aliphatic carbocycles. The molecular formula is C10H13BrO2. The summed E-state index contributed by atoms with van der Waals surface area (Å²) in [6.07, 6.45) is 0. The SMILES string of the molecule is CCOCOc1ccc(CBr)cc1. The van der Waals surface area contributed by atoms with E-state index < -0.39 is 0 Å². The summed E-state index contributed by atoms with van der Waals surface area (Å²) >= 11 is 3.38. The topological polar surface area (TPSA) is 18.5 Å². The lowest BCUT2D eigenvalue weighted by molar-refractivity contribution is 0.0224. The highest BCUT2D eigenvalue weighted by Gasteiger charge is 1.93. The average molecular weight is 245 g/mol. The van der Waals surface area contributed by atoms with Gasteiger partial charge in [0, 0.05) is 11.9 Å². The first kappa shape index (κ1) is 10.5. The number of hydrogen-bond acceptors (Lipinski definition) is 2. The van der Waals surface area contributed by atoms with E-state index in [9.17, 15) is 0 Å². The number of hydrogen-bond donors (Lipinski definition) is 0. The standard InChI is InChI=1S/C10H13BrO2/c1-2-12-8-13-10-5-3-9(7-11)4-6-10/h3-6H,2,7-8H2,1H3. The van der Waals surface area contributed by atoms with Crippen LogP contribution in [0.4, 0.5) is 0 Å².